The van der Waals surface area contributed by atoms with Crippen LogP contribution in [0.4, 0.5) is 5.69 Å². The van der Waals surface area contributed by atoms with Gasteiger partial charge in [-0.15, -0.1) is 0 Å². The molecule has 0 saturated heterocycles. The topological polar surface area (TPSA) is 62.5 Å². The molecule has 24 heavy (non-hydrogen) atoms. The molecule has 0 spiro atoms. The maximum Gasteiger partial charge on any atom is 0.336 e. The lowest BCUT2D eigenvalue weighted by Gasteiger charge is -2.19. The van der Waals surface area contributed by atoms with Crippen LogP contribution in [0.25, 0.3) is 11.0 Å². The van der Waals surface area contributed by atoms with Crippen molar-refractivity contribution in [3.8, 4) is 5.75 Å². The van der Waals surface area contributed by atoms with E-state index in [1.807, 2.05) is 12.1 Å². The van der Waals surface area contributed by atoms with E-state index in [4.69, 9.17) is 4.42 Å². The number of phenolic OH excluding ortho intramolecular Hbond substituents is 1. The molecule has 0 atom stereocenters. The average Bonchev–Trinajstić information content (AvgIpc) is 2.51. The molecule has 3 aromatic rings. The lowest BCUT2D eigenvalue weighted by atomic mass is 9.87. The smallest absolute Gasteiger partial charge is 0.336 e. The van der Waals surface area contributed by atoms with Gasteiger partial charge in [-0.3, -0.25) is 0 Å². The number of aromatic hydroxyl groups is 1. The number of hydrogen-bond acceptors (Lipinski definition) is 4. The summed E-state index contributed by atoms with van der Waals surface area (Å²) in [7, 11) is 0. The fraction of sp³-hybridized carbons (Fsp3) is 0.250. The van der Waals surface area contributed by atoms with E-state index in [-0.39, 0.29) is 11.2 Å². The Morgan fingerprint density at radius 1 is 1.04 bits per heavy atom. The Morgan fingerprint density at radius 2 is 1.75 bits per heavy atom. The summed E-state index contributed by atoms with van der Waals surface area (Å²) >= 11 is 0. The van der Waals surface area contributed by atoms with Crippen molar-refractivity contribution < 1.29 is 9.52 Å². The standard InChI is InChI=1S/C20H21NO3/c1-20(2,3)14-4-6-15(7-5-14)21-12-13-10-19(23)24-18-11-16(22)8-9-17(13)18/h4-11,21-22H,12H2,1-3H3. The van der Waals surface area contributed by atoms with Gasteiger partial charge in [-0.05, 0) is 40.8 Å². The highest BCUT2D eigenvalue weighted by atomic mass is 16.4. The lowest BCUT2D eigenvalue weighted by molar-refractivity contribution is 0.473. The van der Waals surface area contributed by atoms with Crippen LogP contribution in [0.15, 0.2) is 57.7 Å². The molecule has 0 fully saturated rings. The van der Waals surface area contributed by atoms with E-state index in [2.05, 4.69) is 38.2 Å². The molecule has 0 saturated carbocycles. The molecule has 0 amide bonds. The second-order valence-corrected chi connectivity index (χ2v) is 6.95. The summed E-state index contributed by atoms with van der Waals surface area (Å²) in [6, 6.07) is 14.6. The van der Waals surface area contributed by atoms with Gasteiger partial charge in [0.15, 0.2) is 0 Å². The molecular formula is C20H21NO3. The van der Waals surface area contributed by atoms with Gasteiger partial charge in [-0.1, -0.05) is 32.9 Å². The van der Waals surface area contributed by atoms with Gasteiger partial charge >= 0.3 is 5.63 Å². The van der Waals surface area contributed by atoms with Crippen molar-refractivity contribution in [3.63, 3.8) is 0 Å². The summed E-state index contributed by atoms with van der Waals surface area (Å²) in [6.07, 6.45) is 0. The average molecular weight is 323 g/mol. The molecule has 0 aliphatic heterocycles. The number of anilines is 1. The minimum atomic E-state index is -0.423. The van der Waals surface area contributed by atoms with Crippen LogP contribution >= 0.6 is 0 Å². The molecule has 1 aromatic heterocycles. The van der Waals surface area contributed by atoms with Crippen LogP contribution in [-0.4, -0.2) is 5.11 Å². The molecule has 2 aromatic carbocycles. The Morgan fingerprint density at radius 3 is 2.42 bits per heavy atom. The summed E-state index contributed by atoms with van der Waals surface area (Å²) in [5.41, 5.74) is 3.18. The first-order valence-electron chi connectivity index (χ1n) is 7.93. The minimum absolute atomic E-state index is 0.0773. The van der Waals surface area contributed by atoms with Crippen LogP contribution < -0.4 is 10.9 Å². The predicted molar refractivity (Wildman–Crippen MR) is 96.6 cm³/mol. The maximum absolute atomic E-state index is 11.7. The summed E-state index contributed by atoms with van der Waals surface area (Å²) in [5.74, 6) is 0.0773. The largest absolute Gasteiger partial charge is 0.508 e. The van der Waals surface area contributed by atoms with Gasteiger partial charge in [0.05, 0.1) is 0 Å². The zero-order valence-corrected chi connectivity index (χ0v) is 14.1. The van der Waals surface area contributed by atoms with Crippen LogP contribution in [-0.2, 0) is 12.0 Å². The third-order valence-electron chi connectivity index (χ3n) is 4.05. The summed E-state index contributed by atoms with van der Waals surface area (Å²) in [4.78, 5) is 11.7. The number of hydrogen-bond donors (Lipinski definition) is 2. The molecule has 0 aliphatic rings. The van der Waals surface area contributed by atoms with E-state index in [0.29, 0.717) is 12.1 Å². The highest BCUT2D eigenvalue weighted by Crippen LogP contribution is 2.25. The Kier molecular flexibility index (Phi) is 4.06. The Bertz CT molecular complexity index is 918. The molecule has 0 unspecified atom stereocenters. The van der Waals surface area contributed by atoms with Crippen LogP contribution in [0.1, 0.15) is 31.9 Å². The fourth-order valence-corrected chi connectivity index (χ4v) is 2.65. The number of rotatable bonds is 3. The molecule has 124 valence electrons. The van der Waals surface area contributed by atoms with Crippen LogP contribution in [0, 0.1) is 0 Å². The first-order chi connectivity index (χ1) is 11.3. The first kappa shape index (κ1) is 16.1. The summed E-state index contributed by atoms with van der Waals surface area (Å²) < 4.78 is 5.15. The van der Waals surface area contributed by atoms with E-state index >= 15 is 0 Å². The summed E-state index contributed by atoms with van der Waals surface area (Å²) in [5, 5.41) is 13.7. The van der Waals surface area contributed by atoms with Crippen LogP contribution in [0.3, 0.4) is 0 Å². The molecule has 4 heteroatoms. The number of phenols is 1. The third kappa shape index (κ3) is 3.43. The van der Waals surface area contributed by atoms with E-state index in [1.165, 1.54) is 17.7 Å². The summed E-state index contributed by atoms with van der Waals surface area (Å²) in [6.45, 7) is 7.04. The predicted octanol–water partition coefficient (Wildman–Crippen LogP) is 4.41. The van der Waals surface area contributed by atoms with Gasteiger partial charge in [-0.2, -0.15) is 0 Å². The van der Waals surface area contributed by atoms with Crippen molar-refractivity contribution in [1.29, 1.82) is 0 Å². The van der Waals surface area contributed by atoms with E-state index in [9.17, 15) is 9.90 Å². The Balaban J connectivity index is 1.84. The van der Waals surface area contributed by atoms with E-state index in [1.54, 1.807) is 12.1 Å². The zero-order valence-electron chi connectivity index (χ0n) is 14.1. The highest BCUT2D eigenvalue weighted by Gasteiger charge is 2.13. The molecule has 0 radical (unpaired) electrons. The second-order valence-electron chi connectivity index (χ2n) is 6.95. The van der Waals surface area contributed by atoms with Crippen molar-refractivity contribution >= 4 is 16.7 Å². The van der Waals surface area contributed by atoms with Crippen LogP contribution in [0.2, 0.25) is 0 Å². The first-order valence-corrected chi connectivity index (χ1v) is 7.93. The minimum Gasteiger partial charge on any atom is -0.508 e. The zero-order chi connectivity index (χ0) is 17.3. The molecule has 2 N–H and O–H groups in total. The molecular weight excluding hydrogens is 302 g/mol. The SMILES string of the molecule is CC(C)(C)c1ccc(NCc2cc(=O)oc3cc(O)ccc23)cc1. The molecule has 0 bridgehead atoms. The van der Waals surface area contributed by atoms with Gasteiger partial charge < -0.3 is 14.8 Å². The van der Waals surface area contributed by atoms with Crippen molar-refractivity contribution in [3.05, 3.63) is 70.1 Å². The number of fused-ring (bicyclic) bond motifs is 1. The monoisotopic (exact) mass is 323 g/mol. The Labute approximate surface area is 140 Å². The van der Waals surface area contributed by atoms with Crippen molar-refractivity contribution in [1.82, 2.24) is 0 Å². The second kappa shape index (κ2) is 6.04. The van der Waals surface area contributed by atoms with Crippen molar-refractivity contribution in [2.75, 3.05) is 5.32 Å². The maximum atomic E-state index is 11.7. The normalized spacial score (nSPS) is 11.6. The highest BCUT2D eigenvalue weighted by molar-refractivity contribution is 5.81. The van der Waals surface area contributed by atoms with E-state index < -0.39 is 5.63 Å². The van der Waals surface area contributed by atoms with Gasteiger partial charge in [0.25, 0.3) is 0 Å². The fourth-order valence-electron chi connectivity index (χ4n) is 2.65. The lowest BCUT2D eigenvalue weighted by Crippen LogP contribution is -2.11. The quantitative estimate of drug-likeness (QED) is 0.701. The van der Waals surface area contributed by atoms with E-state index in [0.717, 1.165) is 16.6 Å². The Hall–Kier alpha value is -2.75. The molecule has 1 heterocycles. The number of benzene rings is 2. The molecule has 3 rings (SSSR count). The van der Waals surface area contributed by atoms with Gasteiger partial charge in [0, 0.05) is 29.8 Å². The van der Waals surface area contributed by atoms with Crippen molar-refractivity contribution in [2.45, 2.75) is 32.7 Å². The van der Waals surface area contributed by atoms with Gasteiger partial charge in [0.2, 0.25) is 0 Å². The number of nitrogens with one attached hydrogen (secondary N) is 1. The van der Waals surface area contributed by atoms with Crippen LogP contribution in [0.5, 0.6) is 5.75 Å². The molecule has 0 aliphatic carbocycles. The van der Waals surface area contributed by atoms with Crippen molar-refractivity contribution in [2.24, 2.45) is 0 Å². The molecule has 4 nitrogen and oxygen atoms in total. The van der Waals surface area contributed by atoms with Gasteiger partial charge in [0.1, 0.15) is 11.3 Å². The van der Waals surface area contributed by atoms with Gasteiger partial charge in [-0.25, -0.2) is 4.79 Å². The third-order valence-corrected chi connectivity index (χ3v) is 4.05.